The first kappa shape index (κ1) is 27.1. The number of allylic oxidation sites excluding steroid dienone is 2. The Morgan fingerprint density at radius 1 is 0.604 bits per heavy atom. The number of benzene rings is 7. The van der Waals surface area contributed by atoms with Gasteiger partial charge in [0.05, 0.1) is 11.7 Å². The number of fused-ring (bicyclic) bond motifs is 9. The van der Waals surface area contributed by atoms with E-state index < -0.39 is 5.60 Å². The van der Waals surface area contributed by atoms with E-state index in [9.17, 15) is 0 Å². The maximum absolute atomic E-state index is 7.18. The molecule has 228 valence electrons. The molecular weight excluding hydrogens is 587 g/mol. The molecule has 2 heterocycles. The second kappa shape index (κ2) is 10.2. The summed E-state index contributed by atoms with van der Waals surface area (Å²) in [4.78, 5) is 2.42. The van der Waals surface area contributed by atoms with Gasteiger partial charge >= 0.3 is 0 Å². The summed E-state index contributed by atoms with van der Waals surface area (Å²) in [6.07, 6.45) is 6.69. The molecule has 8 aromatic rings. The van der Waals surface area contributed by atoms with Crippen LogP contribution in [0.5, 0.6) is 5.75 Å². The van der Waals surface area contributed by atoms with Gasteiger partial charge < -0.3 is 14.1 Å². The molecule has 2 atom stereocenters. The minimum absolute atomic E-state index is 0.177. The average molecular weight is 618 g/mol. The van der Waals surface area contributed by atoms with E-state index in [0.29, 0.717) is 0 Å². The monoisotopic (exact) mass is 617 g/mol. The van der Waals surface area contributed by atoms with Crippen LogP contribution < -0.4 is 9.64 Å². The summed E-state index contributed by atoms with van der Waals surface area (Å²) < 4.78 is 13.9. The van der Waals surface area contributed by atoms with Gasteiger partial charge in [-0.2, -0.15) is 0 Å². The van der Waals surface area contributed by atoms with Crippen LogP contribution in [0.4, 0.5) is 11.4 Å². The number of anilines is 2. The second-order valence-electron chi connectivity index (χ2n) is 13.0. The minimum atomic E-state index is -0.665. The van der Waals surface area contributed by atoms with Crippen LogP contribution in [0, 0.1) is 0 Å². The summed E-state index contributed by atoms with van der Waals surface area (Å²) in [5, 5.41) is 6.90. The molecule has 2 aliphatic rings. The molecule has 0 N–H and O–H groups in total. The molecule has 7 aromatic carbocycles. The van der Waals surface area contributed by atoms with Gasteiger partial charge in [-0.15, -0.1) is 0 Å². The van der Waals surface area contributed by atoms with Gasteiger partial charge in [0.2, 0.25) is 0 Å². The van der Waals surface area contributed by atoms with Crippen LogP contribution in [0.25, 0.3) is 60.2 Å². The highest BCUT2D eigenvalue weighted by Gasteiger charge is 2.50. The quantitative estimate of drug-likeness (QED) is 0.196. The average Bonchev–Trinajstić information content (AvgIpc) is 3.68. The van der Waals surface area contributed by atoms with Crippen LogP contribution in [0.2, 0.25) is 0 Å². The number of hydrogen-bond donors (Lipinski definition) is 0. The minimum Gasteiger partial charge on any atom is -0.479 e. The van der Waals surface area contributed by atoms with Crippen LogP contribution >= 0.6 is 0 Å². The Labute approximate surface area is 278 Å². The number of ether oxygens (including phenoxy) is 1. The van der Waals surface area contributed by atoms with Gasteiger partial charge in [0.15, 0.2) is 11.2 Å². The highest BCUT2D eigenvalue weighted by molar-refractivity contribution is 6.10. The largest absolute Gasteiger partial charge is 0.479 e. The number of nitrogens with zero attached hydrogens (tertiary/aromatic N) is 1. The van der Waals surface area contributed by atoms with Gasteiger partial charge in [-0.1, -0.05) is 133 Å². The van der Waals surface area contributed by atoms with E-state index in [1.165, 1.54) is 32.9 Å². The maximum atomic E-state index is 7.18. The van der Waals surface area contributed by atoms with Crippen LogP contribution in [0.3, 0.4) is 0 Å². The highest BCUT2D eigenvalue weighted by Crippen LogP contribution is 2.53. The molecule has 1 aliphatic heterocycles. The molecule has 0 fully saturated rings. The predicted molar refractivity (Wildman–Crippen MR) is 199 cm³/mol. The van der Waals surface area contributed by atoms with Gasteiger partial charge in [0.25, 0.3) is 0 Å². The molecule has 1 aliphatic carbocycles. The molecule has 1 aromatic heterocycles. The summed E-state index contributed by atoms with van der Waals surface area (Å²) in [5.41, 5.74) is 7.93. The fourth-order valence-electron chi connectivity index (χ4n) is 7.91. The van der Waals surface area contributed by atoms with Gasteiger partial charge in [-0.3, -0.25) is 0 Å². The third-order valence-electron chi connectivity index (χ3n) is 10.3. The van der Waals surface area contributed by atoms with Crippen molar-refractivity contribution in [3.05, 3.63) is 169 Å². The number of rotatable bonds is 4. The van der Waals surface area contributed by atoms with E-state index in [1.54, 1.807) is 0 Å². The first-order valence-corrected chi connectivity index (χ1v) is 16.5. The van der Waals surface area contributed by atoms with Crippen molar-refractivity contribution in [1.29, 1.82) is 0 Å². The lowest BCUT2D eigenvalue weighted by Crippen LogP contribution is -2.51. The normalized spacial score (nSPS) is 18.2. The Hall–Kier alpha value is -6.06. The zero-order valence-electron chi connectivity index (χ0n) is 26.4. The first-order chi connectivity index (χ1) is 23.7. The molecule has 3 heteroatoms. The van der Waals surface area contributed by atoms with Crippen molar-refractivity contribution >= 4 is 60.4 Å². The molecule has 2 unspecified atom stereocenters. The van der Waals surface area contributed by atoms with Crippen molar-refractivity contribution in [2.24, 2.45) is 0 Å². The standard InChI is InChI=1S/C45H31NO2/c1-45-39(38-26-24-30-13-5-6-14-35(30)43(38)48-45)17-10-20-42(45)46(40-18-9-16-37-36-15-7-8-19-41(36)47-44(37)40)34-25-23-32-27-31(21-22-33(32)28-34)29-11-3-2-4-12-29/h2-28,42H,1H3. The van der Waals surface area contributed by atoms with E-state index in [1.807, 2.05) is 12.1 Å². The van der Waals surface area contributed by atoms with Crippen molar-refractivity contribution in [3.8, 4) is 16.9 Å². The van der Waals surface area contributed by atoms with E-state index in [-0.39, 0.29) is 6.04 Å². The summed E-state index contributed by atoms with van der Waals surface area (Å²) in [5.74, 6) is 0.949. The number of para-hydroxylation sites is 2. The van der Waals surface area contributed by atoms with E-state index in [0.717, 1.165) is 50.0 Å². The highest BCUT2D eigenvalue weighted by atomic mass is 16.5. The Bertz CT molecular complexity index is 2630. The molecule has 0 spiro atoms. The molecule has 0 saturated carbocycles. The van der Waals surface area contributed by atoms with E-state index in [4.69, 9.17) is 9.15 Å². The summed E-state index contributed by atoms with van der Waals surface area (Å²) in [7, 11) is 0. The van der Waals surface area contributed by atoms with Crippen LogP contribution in [-0.2, 0) is 0 Å². The smallest absolute Gasteiger partial charge is 0.159 e. The fourth-order valence-corrected chi connectivity index (χ4v) is 7.91. The van der Waals surface area contributed by atoms with Crippen LogP contribution in [-0.4, -0.2) is 11.6 Å². The summed E-state index contributed by atoms with van der Waals surface area (Å²) >= 11 is 0. The molecule has 48 heavy (non-hydrogen) atoms. The molecule has 0 bridgehead atoms. The fraction of sp³-hybridized carbons (Fsp3) is 0.0667. The SMILES string of the molecule is CC12Oc3c(ccc4ccccc34)C1=CC=CC2N(c1ccc2cc(-c3ccccc3)ccc2c1)c1cccc2c1oc1ccccc12. The molecule has 10 rings (SSSR count). The summed E-state index contributed by atoms with van der Waals surface area (Å²) in [6.45, 7) is 2.24. The van der Waals surface area contributed by atoms with Gasteiger partial charge in [-0.05, 0) is 64.5 Å². The van der Waals surface area contributed by atoms with E-state index in [2.05, 4.69) is 164 Å². The van der Waals surface area contributed by atoms with Crippen molar-refractivity contribution in [2.45, 2.75) is 18.6 Å². The van der Waals surface area contributed by atoms with Gasteiger partial charge in [0.1, 0.15) is 11.3 Å². The lowest BCUT2D eigenvalue weighted by atomic mass is 9.80. The van der Waals surface area contributed by atoms with Gasteiger partial charge in [-0.25, -0.2) is 0 Å². The molecule has 3 nitrogen and oxygen atoms in total. The molecule has 0 amide bonds. The van der Waals surface area contributed by atoms with Crippen LogP contribution in [0.15, 0.2) is 168 Å². The molecule has 0 radical (unpaired) electrons. The van der Waals surface area contributed by atoms with Crippen molar-refractivity contribution in [1.82, 2.24) is 0 Å². The lowest BCUT2D eigenvalue weighted by Gasteiger charge is -2.43. The van der Waals surface area contributed by atoms with Gasteiger partial charge in [0, 0.05) is 33.0 Å². The van der Waals surface area contributed by atoms with Crippen molar-refractivity contribution in [3.63, 3.8) is 0 Å². The maximum Gasteiger partial charge on any atom is 0.159 e. The number of furan rings is 1. The first-order valence-electron chi connectivity index (χ1n) is 16.5. The summed E-state index contributed by atoms with van der Waals surface area (Å²) in [6, 6.07) is 51.6. The predicted octanol–water partition coefficient (Wildman–Crippen LogP) is 11.9. The Kier molecular flexibility index (Phi) is 5.77. The van der Waals surface area contributed by atoms with Crippen molar-refractivity contribution < 1.29 is 9.15 Å². The second-order valence-corrected chi connectivity index (χ2v) is 13.0. The Morgan fingerprint density at radius 2 is 1.35 bits per heavy atom. The van der Waals surface area contributed by atoms with Crippen LogP contribution in [0.1, 0.15) is 12.5 Å². The Morgan fingerprint density at radius 3 is 2.27 bits per heavy atom. The lowest BCUT2D eigenvalue weighted by molar-refractivity contribution is 0.153. The topological polar surface area (TPSA) is 25.6 Å². The van der Waals surface area contributed by atoms with Crippen molar-refractivity contribution in [2.75, 3.05) is 4.90 Å². The zero-order valence-corrected chi connectivity index (χ0v) is 26.4. The Balaban J connectivity index is 1.18. The third kappa shape index (κ3) is 3.94. The zero-order chi connectivity index (χ0) is 31.8. The van der Waals surface area contributed by atoms with E-state index >= 15 is 0 Å². The number of hydrogen-bond acceptors (Lipinski definition) is 3. The third-order valence-corrected chi connectivity index (χ3v) is 10.3. The molecular formula is C45H31NO2. The molecule has 0 saturated heterocycles.